The van der Waals surface area contributed by atoms with Crippen molar-refractivity contribution in [2.24, 2.45) is 0 Å². The van der Waals surface area contributed by atoms with E-state index in [1.807, 2.05) is 63.2 Å². The molecule has 5 aromatic carbocycles. The van der Waals surface area contributed by atoms with Gasteiger partial charge >= 0.3 is 6.18 Å². The molecule has 1 unspecified atom stereocenters. The van der Waals surface area contributed by atoms with Gasteiger partial charge in [0.1, 0.15) is 0 Å². The topological polar surface area (TPSA) is 101 Å². The van der Waals surface area contributed by atoms with Crippen LogP contribution >= 0.6 is 0 Å². The lowest BCUT2D eigenvalue weighted by Gasteiger charge is -2.20. The Morgan fingerprint density at radius 1 is 0.731 bits per heavy atom. The molecule has 0 aliphatic rings. The molecule has 1 atom stereocenters. The van der Waals surface area contributed by atoms with Crippen LogP contribution in [-0.4, -0.2) is 30.4 Å². The molecular formula is C42H40F3NO5S. The highest BCUT2D eigenvalue weighted by Gasteiger charge is 2.35. The number of carbonyl (C=O) groups is 2. The number of ketones is 1. The molecular weight excluding hydrogens is 688 g/mol. The second kappa shape index (κ2) is 15.7. The molecule has 5 rings (SSSR count). The van der Waals surface area contributed by atoms with Gasteiger partial charge in [-0.05, 0) is 97.2 Å². The first-order valence-electron chi connectivity index (χ1n) is 16.8. The number of alkyl halides is 3. The lowest BCUT2D eigenvalue weighted by molar-refractivity contribution is -0.137. The average molecular weight is 728 g/mol. The van der Waals surface area contributed by atoms with Gasteiger partial charge in [0.05, 0.1) is 17.2 Å². The first-order chi connectivity index (χ1) is 24.5. The molecule has 0 spiro atoms. The molecule has 0 aliphatic carbocycles. The number of rotatable bonds is 12. The van der Waals surface area contributed by atoms with E-state index in [2.05, 4.69) is 11.4 Å². The van der Waals surface area contributed by atoms with Crippen LogP contribution in [0.3, 0.4) is 0 Å². The van der Waals surface area contributed by atoms with Crippen LogP contribution in [0.15, 0.2) is 103 Å². The highest BCUT2D eigenvalue weighted by Crippen LogP contribution is 2.40. The second-order valence-electron chi connectivity index (χ2n) is 13.3. The summed E-state index contributed by atoms with van der Waals surface area (Å²) >= 11 is 0. The van der Waals surface area contributed by atoms with Gasteiger partial charge in [-0.15, -0.1) is 0 Å². The summed E-state index contributed by atoms with van der Waals surface area (Å²) in [4.78, 5) is 26.6. The molecule has 0 saturated heterocycles. The molecule has 52 heavy (non-hydrogen) atoms. The van der Waals surface area contributed by atoms with Gasteiger partial charge in [-0.1, -0.05) is 102 Å². The van der Waals surface area contributed by atoms with Gasteiger partial charge in [-0.2, -0.15) is 21.6 Å². The van der Waals surface area contributed by atoms with E-state index >= 15 is 0 Å². The lowest BCUT2D eigenvalue weighted by Crippen LogP contribution is -2.23. The van der Waals surface area contributed by atoms with Crippen molar-refractivity contribution < 1.29 is 35.7 Å². The number of carbonyl (C=O) groups excluding carboxylic acids is 2. The van der Waals surface area contributed by atoms with Crippen molar-refractivity contribution in [1.82, 2.24) is 0 Å². The molecule has 1 amide bonds. The van der Waals surface area contributed by atoms with Gasteiger partial charge in [-0.3, -0.25) is 14.1 Å². The third-order valence-corrected chi connectivity index (χ3v) is 9.91. The minimum atomic E-state index is -4.68. The minimum absolute atomic E-state index is 0.00794. The van der Waals surface area contributed by atoms with Crippen molar-refractivity contribution in [2.75, 3.05) is 11.1 Å². The number of aryl methyl sites for hydroxylation is 4. The Morgan fingerprint density at radius 3 is 1.87 bits per heavy atom. The van der Waals surface area contributed by atoms with E-state index in [1.165, 1.54) is 12.1 Å². The van der Waals surface area contributed by atoms with E-state index in [9.17, 15) is 31.2 Å². The number of amides is 1. The largest absolute Gasteiger partial charge is 0.417 e. The van der Waals surface area contributed by atoms with Crippen molar-refractivity contribution in [3.05, 3.63) is 148 Å². The van der Waals surface area contributed by atoms with E-state index in [1.54, 1.807) is 43.3 Å². The molecule has 10 heteroatoms. The van der Waals surface area contributed by atoms with Crippen molar-refractivity contribution in [3.8, 4) is 22.3 Å². The molecule has 270 valence electrons. The van der Waals surface area contributed by atoms with Gasteiger partial charge in [-0.25, -0.2) is 0 Å². The summed E-state index contributed by atoms with van der Waals surface area (Å²) in [5.74, 6) is -2.12. The summed E-state index contributed by atoms with van der Waals surface area (Å²) < 4.78 is 74.3. The summed E-state index contributed by atoms with van der Waals surface area (Å²) in [6.45, 7) is 7.68. The molecule has 2 N–H and O–H groups in total. The standard InChI is InChI=1S/C42H40F3NO5S/c1-26-7-18-35(28(3)22-26)31-13-15-32(16-14-31)38(24-30-9-11-33(12-10-30)40(47)6-5-21-52(49,50)51)41(48)46-34-17-20-37(39(25-34)42(43,44)45)36-19-8-27(2)23-29(36)4/h7-20,22-23,25,38H,5-6,21,24H2,1-4H3,(H,46,48)(H,49,50,51). The summed E-state index contributed by atoms with van der Waals surface area (Å²) in [5.41, 5.74) is 7.20. The third-order valence-electron chi connectivity index (χ3n) is 9.11. The summed E-state index contributed by atoms with van der Waals surface area (Å²) in [7, 11) is -4.18. The Kier molecular flexibility index (Phi) is 11.5. The van der Waals surface area contributed by atoms with Crippen molar-refractivity contribution >= 4 is 27.5 Å². The summed E-state index contributed by atoms with van der Waals surface area (Å²) in [6.07, 6.45) is -4.60. The number of nitrogens with one attached hydrogen (secondary N) is 1. The van der Waals surface area contributed by atoms with Gasteiger partial charge in [0.25, 0.3) is 10.1 Å². The second-order valence-corrected chi connectivity index (χ2v) is 14.8. The maximum Gasteiger partial charge on any atom is 0.417 e. The first kappa shape index (κ1) is 38.2. The number of hydrogen-bond donors (Lipinski definition) is 2. The molecule has 0 saturated carbocycles. The Balaban J connectivity index is 1.45. The number of Topliss-reactive ketones (excluding diaryl/α,β-unsaturated/α-hetero) is 1. The normalized spacial score (nSPS) is 12.4. The molecule has 5 aromatic rings. The van der Waals surface area contributed by atoms with E-state index in [4.69, 9.17) is 4.55 Å². The van der Waals surface area contributed by atoms with Crippen LogP contribution in [0.5, 0.6) is 0 Å². The van der Waals surface area contributed by atoms with Crippen LogP contribution in [0.2, 0.25) is 0 Å². The zero-order valence-electron chi connectivity index (χ0n) is 29.3. The van der Waals surface area contributed by atoms with Crippen LogP contribution in [0, 0.1) is 27.7 Å². The molecule has 0 aromatic heterocycles. The summed E-state index contributed by atoms with van der Waals surface area (Å²) in [5, 5.41) is 2.74. The third kappa shape index (κ3) is 9.63. The van der Waals surface area contributed by atoms with E-state index < -0.39 is 39.4 Å². The fourth-order valence-corrected chi connectivity index (χ4v) is 6.96. The smallest absolute Gasteiger partial charge is 0.326 e. The Bertz CT molecular complexity index is 2210. The number of hydrogen-bond acceptors (Lipinski definition) is 4. The van der Waals surface area contributed by atoms with Gasteiger partial charge in [0.15, 0.2) is 5.78 Å². The van der Waals surface area contributed by atoms with Gasteiger partial charge < -0.3 is 5.32 Å². The fourth-order valence-electron chi connectivity index (χ4n) is 6.45. The van der Waals surface area contributed by atoms with Gasteiger partial charge in [0, 0.05) is 17.7 Å². The Labute approximate surface area is 302 Å². The van der Waals surface area contributed by atoms with E-state index in [-0.39, 0.29) is 36.3 Å². The average Bonchev–Trinajstić information content (AvgIpc) is 3.07. The van der Waals surface area contributed by atoms with Crippen LogP contribution in [0.4, 0.5) is 18.9 Å². The zero-order chi connectivity index (χ0) is 37.8. The first-order valence-corrected chi connectivity index (χ1v) is 18.4. The van der Waals surface area contributed by atoms with Crippen LogP contribution in [0.25, 0.3) is 22.3 Å². The minimum Gasteiger partial charge on any atom is -0.326 e. The van der Waals surface area contributed by atoms with E-state index in [0.29, 0.717) is 27.8 Å². The SMILES string of the molecule is Cc1ccc(-c2ccc(C(Cc3ccc(C(=O)CCCS(=O)(=O)O)cc3)C(=O)Nc3ccc(-c4ccc(C)cc4C)c(C(F)(F)F)c3)cc2)c(C)c1. The molecule has 0 heterocycles. The Hall–Kier alpha value is -5.06. The molecule has 0 bridgehead atoms. The molecule has 0 aliphatic heterocycles. The lowest BCUT2D eigenvalue weighted by atomic mass is 9.88. The highest BCUT2D eigenvalue weighted by atomic mass is 32.2. The van der Waals surface area contributed by atoms with E-state index in [0.717, 1.165) is 33.9 Å². The fraction of sp³-hybridized carbons (Fsp3) is 0.238. The predicted molar refractivity (Wildman–Crippen MR) is 199 cm³/mol. The van der Waals surface area contributed by atoms with Gasteiger partial charge in [0.2, 0.25) is 5.91 Å². The quantitative estimate of drug-likeness (QED) is 0.0985. The van der Waals surface area contributed by atoms with Crippen LogP contribution in [0.1, 0.15) is 68.1 Å². The van der Waals surface area contributed by atoms with Crippen LogP contribution in [-0.2, 0) is 27.5 Å². The maximum atomic E-state index is 14.4. The summed E-state index contributed by atoms with van der Waals surface area (Å²) in [6, 6.07) is 29.3. The highest BCUT2D eigenvalue weighted by molar-refractivity contribution is 7.85. The van der Waals surface area contributed by atoms with Crippen LogP contribution < -0.4 is 5.32 Å². The Morgan fingerprint density at radius 2 is 1.31 bits per heavy atom. The number of benzene rings is 5. The molecule has 0 radical (unpaired) electrons. The predicted octanol–water partition coefficient (Wildman–Crippen LogP) is 10.1. The van der Waals surface area contributed by atoms with Crippen molar-refractivity contribution in [2.45, 2.75) is 59.1 Å². The monoisotopic (exact) mass is 727 g/mol. The molecule has 6 nitrogen and oxygen atoms in total. The van der Waals surface area contributed by atoms with Crippen molar-refractivity contribution in [1.29, 1.82) is 0 Å². The number of anilines is 1. The zero-order valence-corrected chi connectivity index (χ0v) is 30.2. The number of halogens is 3. The van der Waals surface area contributed by atoms with Crippen molar-refractivity contribution in [3.63, 3.8) is 0 Å². The maximum absolute atomic E-state index is 14.4. The molecule has 0 fully saturated rings.